The molecule has 0 aromatic heterocycles. The lowest BCUT2D eigenvalue weighted by Crippen LogP contribution is -2.44. The Hall–Kier alpha value is -1.11. The van der Waals surface area contributed by atoms with Gasteiger partial charge in [0.15, 0.2) is 5.96 Å². The van der Waals surface area contributed by atoms with E-state index < -0.39 is 10.0 Å². The molecule has 1 aromatic carbocycles. The second kappa shape index (κ2) is 14.0. The number of benzene rings is 1. The van der Waals surface area contributed by atoms with Gasteiger partial charge in [0.1, 0.15) is 11.9 Å². The predicted octanol–water partition coefficient (Wildman–Crippen LogP) is 2.03. The smallest absolute Gasteiger partial charge is 0.213 e. The molecule has 10 heteroatoms. The van der Waals surface area contributed by atoms with E-state index in [2.05, 4.69) is 20.3 Å². The summed E-state index contributed by atoms with van der Waals surface area (Å²) in [4.78, 5) is 4.12. The summed E-state index contributed by atoms with van der Waals surface area (Å²) in [5.74, 6) is 1.33. The number of nitrogens with one attached hydrogen (secondary N) is 3. The molecule has 1 saturated heterocycles. The maximum atomic E-state index is 12.2. The number of hydrogen-bond acceptors (Lipinski definition) is 5. The van der Waals surface area contributed by atoms with Gasteiger partial charge >= 0.3 is 0 Å². The summed E-state index contributed by atoms with van der Waals surface area (Å²) in [7, 11) is -1.71. The molecule has 2 rings (SSSR count). The van der Waals surface area contributed by atoms with E-state index in [9.17, 15) is 8.42 Å². The van der Waals surface area contributed by atoms with Crippen molar-refractivity contribution in [3.63, 3.8) is 0 Å². The second-order valence-corrected chi connectivity index (χ2v) is 9.21. The first kappa shape index (κ1) is 26.9. The highest BCUT2D eigenvalue weighted by molar-refractivity contribution is 14.0. The predicted molar refractivity (Wildman–Crippen MR) is 131 cm³/mol. The third kappa shape index (κ3) is 10.8. The fourth-order valence-electron chi connectivity index (χ4n) is 2.99. The van der Waals surface area contributed by atoms with Crippen LogP contribution in [0.1, 0.15) is 31.7 Å². The van der Waals surface area contributed by atoms with Crippen molar-refractivity contribution in [2.45, 2.75) is 45.3 Å². The molecule has 8 nitrogen and oxygen atoms in total. The summed E-state index contributed by atoms with van der Waals surface area (Å²) in [6, 6.07) is 7.89. The molecule has 1 aliphatic heterocycles. The molecule has 0 spiro atoms. The number of aliphatic imine (C=N–C) groups is 1. The van der Waals surface area contributed by atoms with Crippen molar-refractivity contribution in [2.75, 3.05) is 39.0 Å². The highest BCUT2D eigenvalue weighted by Gasteiger charge is 2.17. The molecule has 2 unspecified atom stereocenters. The van der Waals surface area contributed by atoms with Gasteiger partial charge in [-0.2, -0.15) is 0 Å². The van der Waals surface area contributed by atoms with E-state index in [0.717, 1.165) is 30.6 Å². The lowest BCUT2D eigenvalue weighted by molar-refractivity contribution is 0.0200. The fraction of sp³-hybridized carbons (Fsp3) is 0.650. The van der Waals surface area contributed by atoms with Gasteiger partial charge in [-0.25, -0.2) is 13.1 Å². The van der Waals surface area contributed by atoms with Crippen molar-refractivity contribution in [1.82, 2.24) is 15.4 Å². The van der Waals surface area contributed by atoms with E-state index in [1.54, 1.807) is 7.05 Å². The molecule has 30 heavy (non-hydrogen) atoms. The Labute approximate surface area is 197 Å². The average molecular weight is 554 g/mol. The molecule has 0 radical (unpaired) electrons. The van der Waals surface area contributed by atoms with Gasteiger partial charge < -0.3 is 20.1 Å². The Morgan fingerprint density at radius 3 is 2.80 bits per heavy atom. The first-order valence-corrected chi connectivity index (χ1v) is 11.8. The van der Waals surface area contributed by atoms with E-state index in [1.165, 1.54) is 0 Å². The maximum absolute atomic E-state index is 12.2. The van der Waals surface area contributed by atoms with Crippen LogP contribution in [0.25, 0.3) is 0 Å². The molecule has 1 aliphatic rings. The van der Waals surface area contributed by atoms with Crippen LogP contribution in [0, 0.1) is 6.92 Å². The van der Waals surface area contributed by atoms with Crippen LogP contribution >= 0.6 is 24.0 Å². The number of ether oxygens (including phenoxy) is 2. The molecule has 0 aliphatic carbocycles. The molecular weight excluding hydrogens is 519 g/mol. The largest absolute Gasteiger partial charge is 0.489 e. The number of hydrogen-bond donors (Lipinski definition) is 3. The molecule has 2 atom stereocenters. The number of rotatable bonds is 10. The van der Waals surface area contributed by atoms with Gasteiger partial charge in [0.05, 0.1) is 18.4 Å². The zero-order valence-electron chi connectivity index (χ0n) is 18.0. The molecule has 1 heterocycles. The number of nitrogens with zero attached hydrogens (tertiary/aromatic N) is 1. The van der Waals surface area contributed by atoms with Gasteiger partial charge in [-0.05, 0) is 50.8 Å². The van der Waals surface area contributed by atoms with Crippen LogP contribution < -0.4 is 20.1 Å². The Bertz CT molecular complexity index is 755. The van der Waals surface area contributed by atoms with Crippen molar-refractivity contribution in [3.8, 4) is 5.75 Å². The standard InChI is InChI=1S/C20H34N4O4S.HI/c1-16-7-6-9-18(13-16)28-17(2)14-23-20(21-3)22-10-12-29(25,26)24-15-19-8-4-5-11-27-19;/h6-7,9,13,17,19,24H,4-5,8,10-12,14-15H2,1-3H3,(H2,21,22,23);1H. The van der Waals surface area contributed by atoms with Gasteiger partial charge in [-0.15, -0.1) is 24.0 Å². The summed E-state index contributed by atoms with van der Waals surface area (Å²) in [5, 5.41) is 6.18. The van der Waals surface area contributed by atoms with Crippen LogP contribution in [0.4, 0.5) is 0 Å². The van der Waals surface area contributed by atoms with Gasteiger partial charge in [-0.3, -0.25) is 4.99 Å². The van der Waals surface area contributed by atoms with Crippen molar-refractivity contribution in [3.05, 3.63) is 29.8 Å². The minimum absolute atomic E-state index is 0. The van der Waals surface area contributed by atoms with Crippen LogP contribution in [0.3, 0.4) is 0 Å². The summed E-state index contributed by atoms with van der Waals surface area (Å²) in [5.41, 5.74) is 1.14. The second-order valence-electron chi connectivity index (χ2n) is 7.28. The van der Waals surface area contributed by atoms with E-state index in [-0.39, 0.29) is 48.5 Å². The van der Waals surface area contributed by atoms with E-state index in [4.69, 9.17) is 9.47 Å². The number of sulfonamides is 1. The molecule has 1 aromatic rings. The molecule has 1 fully saturated rings. The normalized spacial score (nSPS) is 18.2. The minimum atomic E-state index is -3.36. The highest BCUT2D eigenvalue weighted by atomic mass is 127. The minimum Gasteiger partial charge on any atom is -0.489 e. The molecule has 3 N–H and O–H groups in total. The van der Waals surface area contributed by atoms with Gasteiger partial charge in [0.2, 0.25) is 10.0 Å². The van der Waals surface area contributed by atoms with Crippen LogP contribution in [0.15, 0.2) is 29.3 Å². The molecular formula is C20H35IN4O4S. The Morgan fingerprint density at radius 2 is 2.13 bits per heavy atom. The number of guanidine groups is 1. The van der Waals surface area contributed by atoms with Gasteiger partial charge in [0, 0.05) is 26.7 Å². The number of aryl methyl sites for hydroxylation is 1. The first-order valence-electron chi connectivity index (χ1n) is 10.1. The fourth-order valence-corrected chi connectivity index (χ4v) is 3.94. The summed E-state index contributed by atoms with van der Waals surface area (Å²) in [6.07, 6.45) is 2.95. The third-order valence-electron chi connectivity index (χ3n) is 4.58. The van der Waals surface area contributed by atoms with Gasteiger partial charge in [0.25, 0.3) is 0 Å². The highest BCUT2D eigenvalue weighted by Crippen LogP contribution is 2.14. The quantitative estimate of drug-likeness (QED) is 0.233. The number of halogens is 1. The molecule has 172 valence electrons. The SMILES string of the molecule is CN=C(NCCS(=O)(=O)NCC1CCCCO1)NCC(C)Oc1cccc(C)c1.I. The van der Waals surface area contributed by atoms with Crippen LogP contribution in [0.2, 0.25) is 0 Å². The zero-order valence-corrected chi connectivity index (χ0v) is 21.2. The lowest BCUT2D eigenvalue weighted by atomic mass is 10.1. The molecule has 0 saturated carbocycles. The average Bonchev–Trinajstić information content (AvgIpc) is 2.70. The monoisotopic (exact) mass is 554 g/mol. The van der Waals surface area contributed by atoms with E-state index in [1.807, 2.05) is 38.1 Å². The van der Waals surface area contributed by atoms with E-state index >= 15 is 0 Å². The van der Waals surface area contributed by atoms with Crippen molar-refractivity contribution in [1.29, 1.82) is 0 Å². The Morgan fingerprint density at radius 1 is 1.33 bits per heavy atom. The summed E-state index contributed by atoms with van der Waals surface area (Å²) < 4.78 is 38.4. The van der Waals surface area contributed by atoms with Crippen LogP contribution in [-0.4, -0.2) is 65.6 Å². The third-order valence-corrected chi connectivity index (χ3v) is 5.92. The lowest BCUT2D eigenvalue weighted by Gasteiger charge is -2.22. The van der Waals surface area contributed by atoms with Crippen molar-refractivity contribution < 1.29 is 17.9 Å². The zero-order chi connectivity index (χ0) is 21.1. The molecule has 0 bridgehead atoms. The summed E-state index contributed by atoms with van der Waals surface area (Å²) >= 11 is 0. The summed E-state index contributed by atoms with van der Waals surface area (Å²) in [6.45, 7) is 5.83. The van der Waals surface area contributed by atoms with Crippen LogP contribution in [0.5, 0.6) is 5.75 Å². The van der Waals surface area contributed by atoms with Crippen molar-refractivity contribution in [2.24, 2.45) is 4.99 Å². The first-order chi connectivity index (χ1) is 13.9. The van der Waals surface area contributed by atoms with E-state index in [0.29, 0.717) is 25.7 Å². The van der Waals surface area contributed by atoms with Gasteiger partial charge in [-0.1, -0.05) is 12.1 Å². The van der Waals surface area contributed by atoms with Crippen molar-refractivity contribution >= 4 is 40.0 Å². The Kier molecular flexibility index (Phi) is 12.6. The topological polar surface area (TPSA) is 101 Å². The van der Waals surface area contributed by atoms with Crippen LogP contribution in [-0.2, 0) is 14.8 Å². The molecule has 0 amide bonds. The maximum Gasteiger partial charge on any atom is 0.213 e. The Balaban J connectivity index is 0.00000450.